The third-order valence-corrected chi connectivity index (χ3v) is 4.25. The molecule has 1 aliphatic heterocycles. The summed E-state index contributed by atoms with van der Waals surface area (Å²) in [6.07, 6.45) is 2.09. The molecular formula is C13H14FNOS. The summed E-state index contributed by atoms with van der Waals surface area (Å²) in [6, 6.07) is 6.62. The highest BCUT2D eigenvalue weighted by Gasteiger charge is 2.15. The van der Waals surface area contributed by atoms with Crippen molar-refractivity contribution in [3.8, 4) is 6.07 Å². The minimum atomic E-state index is -0.274. The SMILES string of the molecule is N#Cc1ccc(CSC2CCOCC2)c(F)c1. The Labute approximate surface area is 105 Å². The topological polar surface area (TPSA) is 33.0 Å². The lowest BCUT2D eigenvalue weighted by atomic mass is 10.1. The van der Waals surface area contributed by atoms with Gasteiger partial charge in [0.1, 0.15) is 5.82 Å². The van der Waals surface area contributed by atoms with Gasteiger partial charge in [-0.2, -0.15) is 17.0 Å². The van der Waals surface area contributed by atoms with Crippen LogP contribution >= 0.6 is 11.8 Å². The summed E-state index contributed by atoms with van der Waals surface area (Å²) in [7, 11) is 0. The van der Waals surface area contributed by atoms with Gasteiger partial charge in [-0.1, -0.05) is 6.07 Å². The molecule has 0 atom stereocenters. The zero-order valence-corrected chi connectivity index (χ0v) is 10.3. The maximum Gasteiger partial charge on any atom is 0.128 e. The first kappa shape index (κ1) is 12.4. The molecule has 0 N–H and O–H groups in total. The molecule has 1 fully saturated rings. The predicted molar refractivity (Wildman–Crippen MR) is 66.3 cm³/mol. The second-order valence-electron chi connectivity index (χ2n) is 4.04. The van der Waals surface area contributed by atoms with Crippen molar-refractivity contribution in [3.05, 3.63) is 35.1 Å². The number of thioether (sulfide) groups is 1. The maximum atomic E-state index is 13.6. The largest absolute Gasteiger partial charge is 0.381 e. The molecule has 2 nitrogen and oxygen atoms in total. The van der Waals surface area contributed by atoms with Crippen LogP contribution in [0.4, 0.5) is 4.39 Å². The summed E-state index contributed by atoms with van der Waals surface area (Å²) in [5, 5.41) is 9.22. The van der Waals surface area contributed by atoms with Gasteiger partial charge in [-0.05, 0) is 30.5 Å². The number of nitriles is 1. The van der Waals surface area contributed by atoms with E-state index in [2.05, 4.69) is 0 Å². The molecule has 1 saturated heterocycles. The minimum absolute atomic E-state index is 0.274. The van der Waals surface area contributed by atoms with Crippen LogP contribution in [0, 0.1) is 17.1 Å². The summed E-state index contributed by atoms with van der Waals surface area (Å²) in [4.78, 5) is 0. The van der Waals surface area contributed by atoms with E-state index in [1.165, 1.54) is 6.07 Å². The Hall–Kier alpha value is -1.05. The van der Waals surface area contributed by atoms with Gasteiger partial charge in [0, 0.05) is 24.2 Å². The van der Waals surface area contributed by atoms with Crippen LogP contribution in [-0.4, -0.2) is 18.5 Å². The van der Waals surface area contributed by atoms with Crippen molar-refractivity contribution in [2.75, 3.05) is 13.2 Å². The third-order valence-electron chi connectivity index (χ3n) is 2.83. The van der Waals surface area contributed by atoms with Crippen molar-refractivity contribution in [3.63, 3.8) is 0 Å². The molecule has 90 valence electrons. The molecule has 1 heterocycles. The molecule has 1 aromatic rings. The molecule has 0 aliphatic carbocycles. The first-order valence-corrected chi connectivity index (χ1v) is 6.72. The fourth-order valence-corrected chi connectivity index (χ4v) is 2.96. The van der Waals surface area contributed by atoms with Crippen LogP contribution in [0.5, 0.6) is 0 Å². The van der Waals surface area contributed by atoms with Crippen molar-refractivity contribution < 1.29 is 9.13 Å². The van der Waals surface area contributed by atoms with E-state index >= 15 is 0 Å². The van der Waals surface area contributed by atoms with Crippen molar-refractivity contribution in [2.45, 2.75) is 23.8 Å². The minimum Gasteiger partial charge on any atom is -0.381 e. The number of benzene rings is 1. The quantitative estimate of drug-likeness (QED) is 0.827. The zero-order chi connectivity index (χ0) is 12.1. The van der Waals surface area contributed by atoms with Gasteiger partial charge in [0.2, 0.25) is 0 Å². The van der Waals surface area contributed by atoms with Crippen LogP contribution in [0.2, 0.25) is 0 Å². The highest BCUT2D eigenvalue weighted by Crippen LogP contribution is 2.26. The molecule has 1 aliphatic rings. The average Bonchev–Trinajstić information content (AvgIpc) is 2.38. The molecule has 0 radical (unpaired) electrons. The molecule has 2 rings (SSSR count). The van der Waals surface area contributed by atoms with Gasteiger partial charge in [0.25, 0.3) is 0 Å². The molecule has 0 unspecified atom stereocenters. The zero-order valence-electron chi connectivity index (χ0n) is 9.49. The van der Waals surface area contributed by atoms with Crippen molar-refractivity contribution in [1.29, 1.82) is 5.26 Å². The molecule has 1 aromatic carbocycles. The van der Waals surface area contributed by atoms with E-state index in [9.17, 15) is 4.39 Å². The predicted octanol–water partition coefficient (Wildman–Crippen LogP) is 3.11. The second-order valence-corrected chi connectivity index (χ2v) is 5.33. The fraction of sp³-hybridized carbons (Fsp3) is 0.462. The number of rotatable bonds is 3. The Morgan fingerprint density at radius 2 is 2.18 bits per heavy atom. The average molecular weight is 251 g/mol. The molecule has 0 spiro atoms. The van der Waals surface area contributed by atoms with Gasteiger partial charge in [-0.25, -0.2) is 4.39 Å². The first-order valence-electron chi connectivity index (χ1n) is 5.67. The summed E-state index contributed by atoms with van der Waals surface area (Å²) < 4.78 is 18.9. The van der Waals surface area contributed by atoms with E-state index in [1.54, 1.807) is 23.9 Å². The normalized spacial score (nSPS) is 16.7. The number of nitrogens with zero attached hydrogens (tertiary/aromatic N) is 1. The monoisotopic (exact) mass is 251 g/mol. The summed E-state index contributed by atoms with van der Waals surface area (Å²) in [5.74, 6) is 0.394. The Balaban J connectivity index is 1.92. The lowest BCUT2D eigenvalue weighted by molar-refractivity contribution is 0.1000. The lowest BCUT2D eigenvalue weighted by Gasteiger charge is -2.21. The second kappa shape index (κ2) is 6.04. The van der Waals surface area contributed by atoms with Crippen LogP contribution in [0.3, 0.4) is 0 Å². The van der Waals surface area contributed by atoms with Crippen LogP contribution in [-0.2, 0) is 10.5 Å². The van der Waals surface area contributed by atoms with E-state index in [0.717, 1.165) is 26.1 Å². The van der Waals surface area contributed by atoms with Crippen LogP contribution < -0.4 is 0 Å². The fourth-order valence-electron chi connectivity index (χ4n) is 1.78. The molecule has 0 amide bonds. The summed E-state index contributed by atoms with van der Waals surface area (Å²) in [6.45, 7) is 1.63. The van der Waals surface area contributed by atoms with E-state index in [0.29, 0.717) is 22.1 Å². The molecular weight excluding hydrogens is 237 g/mol. The smallest absolute Gasteiger partial charge is 0.128 e. The third kappa shape index (κ3) is 3.45. The Morgan fingerprint density at radius 1 is 1.41 bits per heavy atom. The van der Waals surface area contributed by atoms with Crippen LogP contribution in [0.1, 0.15) is 24.0 Å². The number of halogens is 1. The van der Waals surface area contributed by atoms with Gasteiger partial charge in [-0.15, -0.1) is 0 Å². The number of hydrogen-bond donors (Lipinski definition) is 0. The van der Waals surface area contributed by atoms with Gasteiger partial charge >= 0.3 is 0 Å². The molecule has 17 heavy (non-hydrogen) atoms. The molecule has 0 aromatic heterocycles. The molecule has 4 heteroatoms. The Morgan fingerprint density at radius 3 is 2.82 bits per heavy atom. The van der Waals surface area contributed by atoms with E-state index in [1.807, 2.05) is 6.07 Å². The van der Waals surface area contributed by atoms with Crippen LogP contribution in [0.25, 0.3) is 0 Å². The highest BCUT2D eigenvalue weighted by molar-refractivity contribution is 7.99. The summed E-state index contributed by atoms with van der Waals surface area (Å²) in [5.41, 5.74) is 1.06. The van der Waals surface area contributed by atoms with Gasteiger partial charge in [0.15, 0.2) is 0 Å². The molecule has 0 bridgehead atoms. The standard InChI is InChI=1S/C13H14FNOS/c14-13-7-10(8-15)1-2-11(13)9-17-12-3-5-16-6-4-12/h1-2,7,12H,3-6,9H2. The van der Waals surface area contributed by atoms with Crippen molar-refractivity contribution in [1.82, 2.24) is 0 Å². The van der Waals surface area contributed by atoms with E-state index < -0.39 is 0 Å². The van der Waals surface area contributed by atoms with Crippen LogP contribution in [0.15, 0.2) is 18.2 Å². The van der Waals surface area contributed by atoms with Crippen molar-refractivity contribution in [2.24, 2.45) is 0 Å². The van der Waals surface area contributed by atoms with E-state index in [4.69, 9.17) is 10.00 Å². The molecule has 0 saturated carbocycles. The Bertz CT molecular complexity index is 424. The van der Waals surface area contributed by atoms with Gasteiger partial charge in [-0.3, -0.25) is 0 Å². The van der Waals surface area contributed by atoms with E-state index in [-0.39, 0.29) is 5.82 Å². The maximum absolute atomic E-state index is 13.6. The highest BCUT2D eigenvalue weighted by atomic mass is 32.2. The van der Waals surface area contributed by atoms with Gasteiger partial charge < -0.3 is 4.74 Å². The number of hydrogen-bond acceptors (Lipinski definition) is 3. The lowest BCUT2D eigenvalue weighted by Crippen LogP contribution is -2.17. The number of ether oxygens (including phenoxy) is 1. The van der Waals surface area contributed by atoms with Gasteiger partial charge in [0.05, 0.1) is 11.6 Å². The first-order chi connectivity index (χ1) is 8.29. The Kier molecular flexibility index (Phi) is 4.41. The summed E-state index contributed by atoms with van der Waals surface area (Å²) >= 11 is 1.78. The van der Waals surface area contributed by atoms with Crippen molar-refractivity contribution >= 4 is 11.8 Å².